The Kier molecular flexibility index (Phi) is 4.34. The average molecular weight is 271 g/mol. The molecular formula is C12H14FNOS2. The quantitative estimate of drug-likeness (QED) is 0.827. The number of halogens is 1. The second-order valence-electron chi connectivity index (χ2n) is 4.10. The van der Waals surface area contributed by atoms with Crippen LogP contribution < -0.4 is 5.32 Å². The Morgan fingerprint density at radius 3 is 3.12 bits per heavy atom. The van der Waals surface area contributed by atoms with Crippen LogP contribution in [0.25, 0.3) is 0 Å². The summed E-state index contributed by atoms with van der Waals surface area (Å²) in [5.41, 5.74) is 0.0724. The van der Waals surface area contributed by atoms with Gasteiger partial charge >= 0.3 is 0 Å². The van der Waals surface area contributed by atoms with Crippen molar-refractivity contribution in [2.45, 2.75) is 11.3 Å². The molecule has 1 aromatic rings. The number of hydrogen-bond donors (Lipinski definition) is 2. The lowest BCUT2D eigenvalue weighted by molar-refractivity contribution is 0.0944. The summed E-state index contributed by atoms with van der Waals surface area (Å²) in [6.07, 6.45) is 1.13. The van der Waals surface area contributed by atoms with Crippen molar-refractivity contribution in [1.29, 1.82) is 0 Å². The highest BCUT2D eigenvalue weighted by Gasteiger charge is 2.18. The molecule has 1 aliphatic heterocycles. The number of amides is 1. The highest BCUT2D eigenvalue weighted by Crippen LogP contribution is 2.22. The molecule has 0 bridgehead atoms. The van der Waals surface area contributed by atoms with Crippen LogP contribution in [-0.4, -0.2) is 24.0 Å². The molecule has 1 atom stereocenters. The topological polar surface area (TPSA) is 29.1 Å². The van der Waals surface area contributed by atoms with Crippen molar-refractivity contribution < 1.29 is 9.18 Å². The number of nitrogens with one attached hydrogen (secondary N) is 1. The molecule has 1 fully saturated rings. The van der Waals surface area contributed by atoms with Gasteiger partial charge in [-0.3, -0.25) is 4.79 Å². The zero-order chi connectivity index (χ0) is 12.3. The van der Waals surface area contributed by atoms with E-state index in [1.54, 1.807) is 0 Å². The summed E-state index contributed by atoms with van der Waals surface area (Å²) in [7, 11) is 0. The summed E-state index contributed by atoms with van der Waals surface area (Å²) in [6.45, 7) is 0.627. The van der Waals surface area contributed by atoms with Gasteiger partial charge in [0.25, 0.3) is 5.91 Å². The molecule has 0 aliphatic carbocycles. The monoisotopic (exact) mass is 271 g/mol. The fourth-order valence-corrected chi connectivity index (χ4v) is 3.25. The van der Waals surface area contributed by atoms with Crippen molar-refractivity contribution in [3.05, 3.63) is 29.6 Å². The van der Waals surface area contributed by atoms with Gasteiger partial charge in [-0.1, -0.05) is 0 Å². The van der Waals surface area contributed by atoms with Gasteiger partial charge in [-0.15, -0.1) is 12.6 Å². The SMILES string of the molecule is O=C(NCC1CCSC1)c1cc(S)ccc1F. The third-order valence-corrected chi connectivity index (χ3v) is 4.28. The predicted octanol–water partition coefficient (Wildman–Crippen LogP) is 2.60. The van der Waals surface area contributed by atoms with Gasteiger partial charge in [-0.2, -0.15) is 11.8 Å². The second-order valence-corrected chi connectivity index (χ2v) is 5.77. The number of rotatable bonds is 3. The van der Waals surface area contributed by atoms with Gasteiger partial charge in [0.15, 0.2) is 0 Å². The van der Waals surface area contributed by atoms with Crippen LogP contribution in [0.5, 0.6) is 0 Å². The lowest BCUT2D eigenvalue weighted by atomic mass is 10.1. The zero-order valence-corrected chi connectivity index (χ0v) is 11.0. The Morgan fingerprint density at radius 2 is 2.41 bits per heavy atom. The maximum Gasteiger partial charge on any atom is 0.254 e. The molecule has 1 unspecified atom stereocenters. The van der Waals surface area contributed by atoms with Gasteiger partial charge in [0, 0.05) is 11.4 Å². The number of carbonyl (C=O) groups excluding carboxylic acids is 1. The standard InChI is InChI=1S/C12H14FNOS2/c13-11-2-1-9(16)5-10(11)12(15)14-6-8-3-4-17-7-8/h1-2,5,8,16H,3-4,6-7H2,(H,14,15). The van der Waals surface area contributed by atoms with Crippen molar-refractivity contribution in [1.82, 2.24) is 5.32 Å². The summed E-state index contributed by atoms with van der Waals surface area (Å²) in [4.78, 5) is 12.4. The molecule has 1 aliphatic rings. The number of carbonyl (C=O) groups is 1. The van der Waals surface area contributed by atoms with Crippen LogP contribution in [0.1, 0.15) is 16.8 Å². The van der Waals surface area contributed by atoms with Crippen LogP contribution >= 0.6 is 24.4 Å². The smallest absolute Gasteiger partial charge is 0.254 e. The van der Waals surface area contributed by atoms with Crippen LogP contribution in [0, 0.1) is 11.7 Å². The van der Waals surface area contributed by atoms with Gasteiger partial charge < -0.3 is 5.32 Å². The van der Waals surface area contributed by atoms with Crippen molar-refractivity contribution in [3.63, 3.8) is 0 Å². The minimum absolute atomic E-state index is 0.0724. The first kappa shape index (κ1) is 12.8. The first-order valence-electron chi connectivity index (χ1n) is 5.51. The van der Waals surface area contributed by atoms with E-state index >= 15 is 0 Å². The Bertz CT molecular complexity index is 419. The van der Waals surface area contributed by atoms with Gasteiger partial charge in [0.05, 0.1) is 5.56 Å². The maximum atomic E-state index is 13.4. The van der Waals surface area contributed by atoms with E-state index in [0.29, 0.717) is 17.4 Å². The Hall–Kier alpha value is -0.680. The summed E-state index contributed by atoms with van der Waals surface area (Å²) in [5, 5.41) is 2.78. The molecule has 0 aromatic heterocycles. The van der Waals surface area contributed by atoms with Crippen molar-refractivity contribution in [3.8, 4) is 0 Å². The van der Waals surface area contributed by atoms with Crippen LogP contribution in [0.4, 0.5) is 4.39 Å². The Morgan fingerprint density at radius 1 is 1.59 bits per heavy atom. The highest BCUT2D eigenvalue weighted by atomic mass is 32.2. The molecule has 92 valence electrons. The number of thiol groups is 1. The van der Waals surface area contributed by atoms with Crippen molar-refractivity contribution in [2.75, 3.05) is 18.1 Å². The molecule has 0 spiro atoms. The Labute approximate surface area is 110 Å². The van der Waals surface area contributed by atoms with Crippen LogP contribution in [0.2, 0.25) is 0 Å². The normalized spacial score (nSPS) is 19.3. The fourth-order valence-electron chi connectivity index (χ4n) is 1.76. The van der Waals surface area contributed by atoms with Crippen LogP contribution in [0.3, 0.4) is 0 Å². The number of benzene rings is 1. The van der Waals surface area contributed by atoms with Gasteiger partial charge in [-0.05, 0) is 42.0 Å². The summed E-state index contributed by atoms with van der Waals surface area (Å²) < 4.78 is 13.4. The van der Waals surface area contributed by atoms with Crippen molar-refractivity contribution >= 4 is 30.3 Å². The molecule has 17 heavy (non-hydrogen) atoms. The minimum atomic E-state index is -0.499. The summed E-state index contributed by atoms with van der Waals surface area (Å²) in [6, 6.07) is 4.25. The molecule has 1 amide bonds. The van der Waals surface area contributed by atoms with E-state index in [0.717, 1.165) is 17.9 Å². The summed E-state index contributed by atoms with van der Waals surface area (Å²) >= 11 is 6.00. The lowest BCUT2D eigenvalue weighted by Gasteiger charge is -2.10. The molecule has 0 saturated carbocycles. The molecular weight excluding hydrogens is 257 g/mol. The number of hydrogen-bond acceptors (Lipinski definition) is 3. The molecule has 5 heteroatoms. The average Bonchev–Trinajstić information content (AvgIpc) is 2.82. The maximum absolute atomic E-state index is 13.4. The number of thioether (sulfide) groups is 1. The van der Waals surface area contributed by atoms with E-state index in [1.165, 1.54) is 18.2 Å². The minimum Gasteiger partial charge on any atom is -0.352 e. The predicted molar refractivity (Wildman–Crippen MR) is 71.4 cm³/mol. The molecule has 1 N–H and O–H groups in total. The first-order chi connectivity index (χ1) is 8.16. The molecule has 1 heterocycles. The highest BCUT2D eigenvalue weighted by molar-refractivity contribution is 7.99. The summed E-state index contributed by atoms with van der Waals surface area (Å²) in [5.74, 6) is 1.90. The first-order valence-corrected chi connectivity index (χ1v) is 7.11. The van der Waals surface area contributed by atoms with Gasteiger partial charge in [0.2, 0.25) is 0 Å². The Balaban J connectivity index is 1.96. The van der Waals surface area contributed by atoms with Gasteiger partial charge in [0.1, 0.15) is 5.82 Å². The molecule has 0 radical (unpaired) electrons. The van der Waals surface area contributed by atoms with E-state index in [2.05, 4.69) is 17.9 Å². The van der Waals surface area contributed by atoms with E-state index in [-0.39, 0.29) is 11.5 Å². The van der Waals surface area contributed by atoms with Crippen LogP contribution in [0.15, 0.2) is 23.1 Å². The van der Waals surface area contributed by atoms with E-state index < -0.39 is 5.82 Å². The van der Waals surface area contributed by atoms with Gasteiger partial charge in [-0.25, -0.2) is 4.39 Å². The largest absolute Gasteiger partial charge is 0.352 e. The van der Waals surface area contributed by atoms with Crippen LogP contribution in [-0.2, 0) is 0 Å². The molecule has 2 rings (SSSR count). The second kappa shape index (κ2) is 5.78. The molecule has 2 nitrogen and oxygen atoms in total. The van der Waals surface area contributed by atoms with E-state index in [1.807, 2.05) is 11.8 Å². The lowest BCUT2D eigenvalue weighted by Crippen LogP contribution is -2.29. The van der Waals surface area contributed by atoms with E-state index in [9.17, 15) is 9.18 Å². The third kappa shape index (κ3) is 3.39. The van der Waals surface area contributed by atoms with Crippen molar-refractivity contribution in [2.24, 2.45) is 5.92 Å². The molecule has 1 saturated heterocycles. The fraction of sp³-hybridized carbons (Fsp3) is 0.417. The zero-order valence-electron chi connectivity index (χ0n) is 9.28. The third-order valence-electron chi connectivity index (χ3n) is 2.77. The van der Waals surface area contributed by atoms with E-state index in [4.69, 9.17) is 0 Å². The molecule has 1 aromatic carbocycles.